The van der Waals surface area contributed by atoms with Crippen LogP contribution in [0.25, 0.3) is 0 Å². The third-order valence-corrected chi connectivity index (χ3v) is 8.21. The van der Waals surface area contributed by atoms with Gasteiger partial charge in [-0.25, -0.2) is 12.8 Å². The fourth-order valence-corrected chi connectivity index (χ4v) is 5.24. The van der Waals surface area contributed by atoms with Gasteiger partial charge in [-0.3, -0.25) is 14.4 Å². The lowest BCUT2D eigenvalue weighted by Gasteiger charge is -2.34. The molecule has 4 rings (SSSR count). The predicted molar refractivity (Wildman–Crippen MR) is 140 cm³/mol. The zero-order valence-electron chi connectivity index (χ0n) is 21.5. The molecule has 204 valence electrons. The average molecular weight is 545 g/mol. The van der Waals surface area contributed by atoms with Gasteiger partial charge in [0, 0.05) is 43.9 Å². The molecule has 0 radical (unpaired) electrons. The van der Waals surface area contributed by atoms with Gasteiger partial charge in [0.1, 0.15) is 11.9 Å². The number of sulfone groups is 1. The summed E-state index contributed by atoms with van der Waals surface area (Å²) in [5.74, 6) is -0.893. The number of benzene rings is 2. The van der Waals surface area contributed by atoms with Gasteiger partial charge in [-0.1, -0.05) is 12.1 Å². The van der Waals surface area contributed by atoms with E-state index in [1.54, 1.807) is 24.1 Å². The van der Waals surface area contributed by atoms with E-state index in [0.29, 0.717) is 38.4 Å². The molecule has 1 saturated carbocycles. The SMILES string of the molecule is CN1CCN(C(=O)[C@H](CCCN[C@@H]2C[C@H]2c2ccc(F)cc2)NC(=O)c2ccc(S(C)(=O)=O)cc2)CC1=O. The van der Waals surface area contributed by atoms with Gasteiger partial charge >= 0.3 is 0 Å². The van der Waals surface area contributed by atoms with E-state index in [-0.39, 0.29) is 40.7 Å². The van der Waals surface area contributed by atoms with Crippen LogP contribution in [0.2, 0.25) is 0 Å². The molecule has 0 unspecified atom stereocenters. The van der Waals surface area contributed by atoms with Crippen LogP contribution in [0.5, 0.6) is 0 Å². The Balaban J connectivity index is 1.36. The van der Waals surface area contributed by atoms with Crippen molar-refractivity contribution >= 4 is 27.6 Å². The smallest absolute Gasteiger partial charge is 0.251 e. The van der Waals surface area contributed by atoms with Gasteiger partial charge in [-0.15, -0.1) is 0 Å². The minimum absolute atomic E-state index is 0.0373. The second-order valence-electron chi connectivity index (χ2n) is 9.99. The first-order valence-electron chi connectivity index (χ1n) is 12.7. The van der Waals surface area contributed by atoms with E-state index in [1.165, 1.54) is 41.3 Å². The molecule has 1 aliphatic carbocycles. The molecule has 0 spiro atoms. The molecule has 1 saturated heterocycles. The summed E-state index contributed by atoms with van der Waals surface area (Å²) in [6.45, 7) is 1.40. The number of hydrogen-bond acceptors (Lipinski definition) is 6. The number of hydrogen-bond donors (Lipinski definition) is 2. The van der Waals surface area contributed by atoms with Crippen LogP contribution in [0.3, 0.4) is 0 Å². The van der Waals surface area contributed by atoms with E-state index in [9.17, 15) is 27.2 Å². The maximum Gasteiger partial charge on any atom is 0.251 e. The van der Waals surface area contributed by atoms with Crippen molar-refractivity contribution in [3.8, 4) is 0 Å². The van der Waals surface area contributed by atoms with Gasteiger partial charge < -0.3 is 20.4 Å². The Kier molecular flexibility index (Phi) is 8.47. The Morgan fingerprint density at radius 1 is 1.08 bits per heavy atom. The molecule has 2 fully saturated rings. The number of carbonyl (C=O) groups is 3. The summed E-state index contributed by atoms with van der Waals surface area (Å²) >= 11 is 0. The summed E-state index contributed by atoms with van der Waals surface area (Å²) in [5.41, 5.74) is 1.33. The molecule has 11 heteroatoms. The molecule has 2 aromatic rings. The first-order chi connectivity index (χ1) is 18.0. The minimum atomic E-state index is -3.40. The molecule has 2 aliphatic rings. The number of piperazine rings is 1. The highest BCUT2D eigenvalue weighted by molar-refractivity contribution is 7.90. The third kappa shape index (κ3) is 6.96. The summed E-state index contributed by atoms with van der Waals surface area (Å²) in [5, 5.41) is 6.25. The normalized spacial score (nSPS) is 20.2. The van der Waals surface area contributed by atoms with E-state index in [0.717, 1.165) is 18.2 Å². The molecule has 0 aromatic heterocycles. The minimum Gasteiger partial charge on any atom is -0.342 e. The Morgan fingerprint density at radius 2 is 1.76 bits per heavy atom. The van der Waals surface area contributed by atoms with Crippen molar-refractivity contribution in [2.75, 3.05) is 39.5 Å². The van der Waals surface area contributed by atoms with Crippen molar-refractivity contribution in [3.63, 3.8) is 0 Å². The van der Waals surface area contributed by atoms with Crippen LogP contribution >= 0.6 is 0 Å². The van der Waals surface area contributed by atoms with Crippen molar-refractivity contribution in [1.82, 2.24) is 20.4 Å². The van der Waals surface area contributed by atoms with Gasteiger partial charge in [-0.2, -0.15) is 0 Å². The van der Waals surface area contributed by atoms with E-state index >= 15 is 0 Å². The summed E-state index contributed by atoms with van der Waals surface area (Å²) in [6.07, 6.45) is 3.02. The molecule has 3 amide bonds. The predicted octanol–water partition coefficient (Wildman–Crippen LogP) is 1.55. The highest BCUT2D eigenvalue weighted by Gasteiger charge is 2.38. The van der Waals surface area contributed by atoms with Gasteiger partial charge in [0.15, 0.2) is 9.84 Å². The second-order valence-corrected chi connectivity index (χ2v) is 12.0. The number of rotatable bonds is 10. The lowest BCUT2D eigenvalue weighted by Crippen LogP contribution is -2.56. The third-order valence-electron chi connectivity index (χ3n) is 7.08. The fourth-order valence-electron chi connectivity index (χ4n) is 4.61. The summed E-state index contributed by atoms with van der Waals surface area (Å²) in [7, 11) is -1.71. The van der Waals surface area contributed by atoms with Gasteiger partial charge in [0.05, 0.1) is 11.4 Å². The fraction of sp³-hybridized carbons (Fsp3) is 0.444. The van der Waals surface area contributed by atoms with Crippen molar-refractivity contribution in [2.24, 2.45) is 0 Å². The van der Waals surface area contributed by atoms with Crippen LogP contribution < -0.4 is 10.6 Å². The van der Waals surface area contributed by atoms with E-state index in [2.05, 4.69) is 10.6 Å². The van der Waals surface area contributed by atoms with Gasteiger partial charge in [0.2, 0.25) is 11.8 Å². The van der Waals surface area contributed by atoms with Crippen molar-refractivity contribution in [3.05, 3.63) is 65.5 Å². The molecule has 38 heavy (non-hydrogen) atoms. The topological polar surface area (TPSA) is 116 Å². The number of carbonyl (C=O) groups excluding carboxylic acids is 3. The van der Waals surface area contributed by atoms with Crippen LogP contribution in [0, 0.1) is 5.82 Å². The number of amides is 3. The van der Waals surface area contributed by atoms with Crippen LogP contribution in [0.4, 0.5) is 4.39 Å². The average Bonchev–Trinajstić information content (AvgIpc) is 3.66. The Hall–Kier alpha value is -3.31. The highest BCUT2D eigenvalue weighted by Crippen LogP contribution is 2.40. The Bertz CT molecular complexity index is 1280. The maximum atomic E-state index is 13.3. The molecule has 3 atom stereocenters. The zero-order valence-corrected chi connectivity index (χ0v) is 22.3. The summed E-state index contributed by atoms with van der Waals surface area (Å²) in [6, 6.07) is 11.5. The molecule has 9 nitrogen and oxygen atoms in total. The largest absolute Gasteiger partial charge is 0.342 e. The Labute approximate surface area is 222 Å². The van der Waals surface area contributed by atoms with E-state index in [4.69, 9.17) is 0 Å². The van der Waals surface area contributed by atoms with Crippen LogP contribution in [0.15, 0.2) is 53.4 Å². The summed E-state index contributed by atoms with van der Waals surface area (Å²) < 4.78 is 36.6. The first-order valence-corrected chi connectivity index (χ1v) is 14.5. The lowest BCUT2D eigenvalue weighted by atomic mass is 10.1. The van der Waals surface area contributed by atoms with E-state index < -0.39 is 21.8 Å². The standard InChI is InChI=1S/C27H33FN4O5S/c1-31-14-15-32(17-25(31)33)27(35)23(30-26(34)19-7-11-21(12-8-19)38(2,36)37)4-3-13-29-24-16-22(24)18-5-9-20(28)10-6-18/h5-12,22-24,29H,3-4,13-17H2,1-2H3,(H,30,34)/t22-,23-,24+/m0/s1. The molecular formula is C27H33FN4O5S. The Morgan fingerprint density at radius 3 is 2.39 bits per heavy atom. The number of nitrogens with one attached hydrogen (secondary N) is 2. The number of likely N-dealkylation sites (N-methyl/N-ethyl adjacent to an activating group) is 1. The molecule has 1 heterocycles. The lowest BCUT2D eigenvalue weighted by molar-refractivity contribution is -0.145. The van der Waals surface area contributed by atoms with Gasteiger partial charge in [0.25, 0.3) is 5.91 Å². The number of nitrogens with zero attached hydrogens (tertiary/aromatic N) is 2. The molecule has 2 aromatic carbocycles. The second kappa shape index (κ2) is 11.6. The van der Waals surface area contributed by atoms with Crippen molar-refractivity contribution < 1.29 is 27.2 Å². The summed E-state index contributed by atoms with van der Waals surface area (Å²) in [4.78, 5) is 41.6. The maximum absolute atomic E-state index is 13.3. The first kappa shape index (κ1) is 27.7. The van der Waals surface area contributed by atoms with Crippen LogP contribution in [-0.4, -0.2) is 87.5 Å². The molecular weight excluding hydrogens is 511 g/mol. The number of halogens is 1. The van der Waals surface area contributed by atoms with E-state index in [1.807, 2.05) is 0 Å². The monoisotopic (exact) mass is 544 g/mol. The highest BCUT2D eigenvalue weighted by atomic mass is 32.2. The molecule has 1 aliphatic heterocycles. The molecule has 2 N–H and O–H groups in total. The van der Waals surface area contributed by atoms with Crippen molar-refractivity contribution in [1.29, 1.82) is 0 Å². The van der Waals surface area contributed by atoms with Crippen LogP contribution in [-0.2, 0) is 19.4 Å². The zero-order chi connectivity index (χ0) is 27.4. The van der Waals surface area contributed by atoms with Gasteiger partial charge in [-0.05, 0) is 67.8 Å². The van der Waals surface area contributed by atoms with Crippen LogP contribution in [0.1, 0.15) is 41.1 Å². The quantitative estimate of drug-likeness (QED) is 0.439. The molecule has 0 bridgehead atoms. The van der Waals surface area contributed by atoms with Crippen molar-refractivity contribution in [2.45, 2.75) is 42.2 Å².